The Morgan fingerprint density at radius 1 is 1.09 bits per heavy atom. The molecule has 3 aromatic rings. The fourth-order valence-corrected chi connectivity index (χ4v) is 4.99. The Kier molecular flexibility index (Phi) is 4.06. The Balaban J connectivity index is 1.77. The lowest BCUT2D eigenvalue weighted by Crippen LogP contribution is -2.29. The van der Waals surface area contributed by atoms with E-state index in [0.29, 0.717) is 5.76 Å². The van der Waals surface area contributed by atoms with Crippen LogP contribution in [0.4, 0.5) is 5.00 Å². The normalized spacial score (nSPS) is 15.0. The average Bonchev–Trinajstić information content (AvgIpc) is 3.35. The van der Waals surface area contributed by atoms with E-state index in [1.165, 1.54) is 24.1 Å². The second kappa shape index (κ2) is 6.34. The first-order chi connectivity index (χ1) is 11.3. The molecule has 0 amide bonds. The largest absolute Gasteiger partial charge is 0.461 e. The highest BCUT2D eigenvalue weighted by atomic mass is 32.1. The van der Waals surface area contributed by atoms with Gasteiger partial charge in [-0.1, -0.05) is 6.07 Å². The smallest absolute Gasteiger partial charge is 0.231 e. The van der Waals surface area contributed by atoms with Crippen molar-refractivity contribution in [3.63, 3.8) is 0 Å². The molecule has 5 heteroatoms. The van der Waals surface area contributed by atoms with Gasteiger partial charge >= 0.3 is 0 Å². The van der Waals surface area contributed by atoms with Crippen LogP contribution in [-0.2, 0) is 0 Å². The maximum Gasteiger partial charge on any atom is 0.231 e. The number of nitrogens with zero attached hydrogens (tertiary/aromatic N) is 1. The number of ketones is 1. The molecule has 3 nitrogen and oxygen atoms in total. The maximum atomic E-state index is 12.8. The highest BCUT2D eigenvalue weighted by Gasteiger charge is 2.25. The van der Waals surface area contributed by atoms with E-state index in [1.807, 2.05) is 12.1 Å². The van der Waals surface area contributed by atoms with E-state index in [2.05, 4.69) is 16.3 Å². The minimum Gasteiger partial charge on any atom is -0.461 e. The zero-order valence-electron chi connectivity index (χ0n) is 12.7. The van der Waals surface area contributed by atoms with Gasteiger partial charge in [0, 0.05) is 22.8 Å². The maximum absolute atomic E-state index is 12.8. The molecule has 0 radical (unpaired) electrons. The fourth-order valence-electron chi connectivity index (χ4n) is 2.96. The third-order valence-corrected chi connectivity index (χ3v) is 6.37. The van der Waals surface area contributed by atoms with Gasteiger partial charge < -0.3 is 9.32 Å². The van der Waals surface area contributed by atoms with Gasteiger partial charge in [-0.05, 0) is 48.9 Å². The van der Waals surface area contributed by atoms with Gasteiger partial charge in [0.05, 0.1) is 11.8 Å². The van der Waals surface area contributed by atoms with Crippen LogP contribution in [0.1, 0.15) is 35.4 Å². The van der Waals surface area contributed by atoms with Crippen molar-refractivity contribution in [1.29, 1.82) is 0 Å². The molecule has 1 fully saturated rings. The lowest BCUT2D eigenvalue weighted by molar-refractivity contribution is 0.101. The van der Waals surface area contributed by atoms with Gasteiger partial charge in [-0.25, -0.2) is 0 Å². The van der Waals surface area contributed by atoms with Gasteiger partial charge in [-0.15, -0.1) is 22.7 Å². The van der Waals surface area contributed by atoms with E-state index in [1.54, 1.807) is 41.1 Å². The number of carbonyl (C=O) groups is 1. The van der Waals surface area contributed by atoms with Crippen molar-refractivity contribution >= 4 is 33.5 Å². The summed E-state index contributed by atoms with van der Waals surface area (Å²) in [6.07, 6.45) is 5.22. The van der Waals surface area contributed by atoms with Crippen molar-refractivity contribution in [3.8, 4) is 9.75 Å². The van der Waals surface area contributed by atoms with Crippen LogP contribution in [0.2, 0.25) is 0 Å². The number of piperidine rings is 1. The molecule has 4 rings (SSSR count). The van der Waals surface area contributed by atoms with E-state index >= 15 is 0 Å². The van der Waals surface area contributed by atoms with Gasteiger partial charge in [-0.2, -0.15) is 0 Å². The highest BCUT2D eigenvalue weighted by Crippen LogP contribution is 2.41. The van der Waals surface area contributed by atoms with Crippen LogP contribution in [0, 0.1) is 0 Å². The van der Waals surface area contributed by atoms with Crippen LogP contribution in [-0.4, -0.2) is 18.9 Å². The van der Waals surface area contributed by atoms with Crippen molar-refractivity contribution in [3.05, 3.63) is 53.3 Å². The fraction of sp³-hybridized carbons (Fsp3) is 0.278. The number of hydrogen-bond donors (Lipinski definition) is 0. The Hall–Kier alpha value is -1.85. The summed E-state index contributed by atoms with van der Waals surface area (Å²) in [7, 11) is 0. The lowest BCUT2D eigenvalue weighted by atomic mass is 10.1. The number of carbonyl (C=O) groups excluding carboxylic acids is 1. The predicted octanol–water partition coefficient (Wildman–Crippen LogP) is 5.29. The second-order valence-corrected chi connectivity index (χ2v) is 7.64. The molecule has 23 heavy (non-hydrogen) atoms. The Bertz CT molecular complexity index is 781. The second-order valence-electron chi connectivity index (χ2n) is 5.66. The van der Waals surface area contributed by atoms with Crippen LogP contribution >= 0.6 is 22.7 Å². The quantitative estimate of drug-likeness (QED) is 0.603. The van der Waals surface area contributed by atoms with E-state index in [4.69, 9.17) is 4.42 Å². The van der Waals surface area contributed by atoms with Gasteiger partial charge in [0.2, 0.25) is 5.78 Å². The summed E-state index contributed by atoms with van der Waals surface area (Å²) in [6.45, 7) is 2.06. The Labute approximate surface area is 143 Å². The van der Waals surface area contributed by atoms with Crippen LogP contribution in [0.25, 0.3) is 9.75 Å². The summed E-state index contributed by atoms with van der Waals surface area (Å²) < 4.78 is 5.33. The van der Waals surface area contributed by atoms with Gasteiger partial charge in [0.25, 0.3) is 0 Å². The van der Waals surface area contributed by atoms with Gasteiger partial charge in [-0.3, -0.25) is 4.79 Å². The van der Waals surface area contributed by atoms with Crippen LogP contribution in [0.3, 0.4) is 0 Å². The third kappa shape index (κ3) is 2.86. The third-order valence-electron chi connectivity index (χ3n) is 4.11. The molecule has 1 aliphatic heterocycles. The number of rotatable bonds is 4. The summed E-state index contributed by atoms with van der Waals surface area (Å²) in [5.74, 6) is 0.397. The number of furan rings is 1. The molecule has 0 bridgehead atoms. The van der Waals surface area contributed by atoms with E-state index in [-0.39, 0.29) is 5.78 Å². The molecule has 0 saturated carbocycles. The predicted molar refractivity (Wildman–Crippen MR) is 95.8 cm³/mol. The van der Waals surface area contributed by atoms with E-state index < -0.39 is 0 Å². The Morgan fingerprint density at radius 2 is 1.96 bits per heavy atom. The molecule has 1 saturated heterocycles. The molecule has 0 aromatic carbocycles. The zero-order chi connectivity index (χ0) is 15.6. The lowest BCUT2D eigenvalue weighted by Gasteiger charge is -2.28. The molecule has 118 valence electrons. The minimum absolute atomic E-state index is 0.0189. The molecular weight excluding hydrogens is 326 g/mol. The first-order valence-electron chi connectivity index (χ1n) is 7.84. The molecule has 0 unspecified atom stereocenters. The molecule has 0 spiro atoms. The van der Waals surface area contributed by atoms with Gasteiger partial charge in [0.1, 0.15) is 5.00 Å². The number of thiophene rings is 2. The Morgan fingerprint density at radius 3 is 2.65 bits per heavy atom. The molecule has 3 aromatic heterocycles. The van der Waals surface area contributed by atoms with Crippen LogP contribution in [0.5, 0.6) is 0 Å². The molecule has 0 aliphatic carbocycles. The highest BCUT2D eigenvalue weighted by molar-refractivity contribution is 7.24. The molecule has 4 heterocycles. The molecule has 0 N–H and O–H groups in total. The first kappa shape index (κ1) is 14.7. The standard InChI is InChI=1S/C18H17NO2S2/c20-17(14-6-4-10-21-14)13-12-16(15-7-5-11-22-15)23-18(13)19-8-2-1-3-9-19/h4-7,10-12H,1-3,8-9H2. The topological polar surface area (TPSA) is 33.5 Å². The minimum atomic E-state index is -0.0189. The van der Waals surface area contributed by atoms with Crippen molar-refractivity contribution in [1.82, 2.24) is 0 Å². The summed E-state index contributed by atoms with van der Waals surface area (Å²) in [6, 6.07) is 9.70. The van der Waals surface area contributed by atoms with Crippen LogP contribution < -0.4 is 4.90 Å². The molecule has 1 aliphatic rings. The summed E-state index contributed by atoms with van der Waals surface area (Å²) in [5.41, 5.74) is 0.773. The summed E-state index contributed by atoms with van der Waals surface area (Å²) >= 11 is 3.43. The first-order valence-corrected chi connectivity index (χ1v) is 9.53. The van der Waals surface area contributed by atoms with Crippen molar-refractivity contribution in [2.75, 3.05) is 18.0 Å². The SMILES string of the molecule is O=C(c1ccco1)c1cc(-c2cccs2)sc1N1CCCCC1. The monoisotopic (exact) mass is 343 g/mol. The van der Waals surface area contributed by atoms with E-state index in [9.17, 15) is 4.79 Å². The zero-order valence-corrected chi connectivity index (χ0v) is 14.3. The number of hydrogen-bond acceptors (Lipinski definition) is 5. The van der Waals surface area contributed by atoms with Gasteiger partial charge in [0.15, 0.2) is 5.76 Å². The van der Waals surface area contributed by atoms with E-state index in [0.717, 1.165) is 28.5 Å². The van der Waals surface area contributed by atoms with Crippen molar-refractivity contribution in [2.24, 2.45) is 0 Å². The van der Waals surface area contributed by atoms with Crippen molar-refractivity contribution in [2.45, 2.75) is 19.3 Å². The number of anilines is 1. The molecule has 0 atom stereocenters. The summed E-state index contributed by atoms with van der Waals surface area (Å²) in [4.78, 5) is 17.6. The molecular formula is C18H17NO2S2. The van der Waals surface area contributed by atoms with Crippen molar-refractivity contribution < 1.29 is 9.21 Å². The summed E-state index contributed by atoms with van der Waals surface area (Å²) in [5, 5.41) is 3.17. The van der Waals surface area contributed by atoms with Crippen LogP contribution in [0.15, 0.2) is 46.4 Å². The average molecular weight is 343 g/mol.